The molecule has 1 amide bonds. The SMILES string of the molecule is CC1(C)OCC(CN(Cc2ccc3c(c2)OCCO3)C(=O)c2ccncc2)O1. The number of rotatable bonds is 5. The minimum absolute atomic E-state index is 0.0782. The smallest absolute Gasteiger partial charge is 0.254 e. The van der Waals surface area contributed by atoms with Gasteiger partial charge in [0.05, 0.1) is 6.61 Å². The van der Waals surface area contributed by atoms with Gasteiger partial charge in [0.1, 0.15) is 19.3 Å². The Hall–Kier alpha value is -2.64. The molecule has 7 heteroatoms. The normalized spacial score (nSPS) is 20.0. The van der Waals surface area contributed by atoms with Crippen molar-refractivity contribution in [3.8, 4) is 11.5 Å². The van der Waals surface area contributed by atoms with E-state index in [9.17, 15) is 4.79 Å². The van der Waals surface area contributed by atoms with Gasteiger partial charge in [-0.25, -0.2) is 0 Å². The van der Waals surface area contributed by atoms with Gasteiger partial charge in [-0.1, -0.05) is 6.07 Å². The molecule has 0 spiro atoms. The fourth-order valence-electron chi connectivity index (χ4n) is 3.40. The maximum absolute atomic E-state index is 13.1. The van der Waals surface area contributed by atoms with Gasteiger partial charge in [-0.2, -0.15) is 0 Å². The Bertz CT molecular complexity index is 840. The molecule has 2 aliphatic rings. The second-order valence-electron chi connectivity index (χ2n) is 7.35. The summed E-state index contributed by atoms with van der Waals surface area (Å²) in [5.74, 6) is 0.732. The van der Waals surface area contributed by atoms with Crippen molar-refractivity contribution in [1.82, 2.24) is 9.88 Å². The standard InChI is InChI=1S/C21H24N2O5/c1-21(2)27-14-17(28-21)13-23(20(24)16-5-7-22-8-6-16)12-15-3-4-18-19(11-15)26-10-9-25-18/h3-8,11,17H,9-10,12-14H2,1-2H3. The molecule has 0 saturated carbocycles. The van der Waals surface area contributed by atoms with Crippen LogP contribution < -0.4 is 9.47 Å². The second kappa shape index (κ2) is 7.77. The van der Waals surface area contributed by atoms with Crippen LogP contribution in [-0.2, 0) is 16.0 Å². The summed E-state index contributed by atoms with van der Waals surface area (Å²) in [5, 5.41) is 0. The van der Waals surface area contributed by atoms with Crippen LogP contribution in [0.15, 0.2) is 42.7 Å². The molecule has 1 fully saturated rings. The topological polar surface area (TPSA) is 70.1 Å². The van der Waals surface area contributed by atoms with E-state index in [0.717, 1.165) is 11.3 Å². The molecule has 2 aromatic rings. The van der Waals surface area contributed by atoms with Gasteiger partial charge < -0.3 is 23.8 Å². The molecule has 1 saturated heterocycles. The Morgan fingerprint density at radius 1 is 1.14 bits per heavy atom. The maximum atomic E-state index is 13.1. The van der Waals surface area contributed by atoms with Gasteiger partial charge in [-0.3, -0.25) is 9.78 Å². The number of aromatic nitrogens is 1. The van der Waals surface area contributed by atoms with Crippen LogP contribution in [-0.4, -0.2) is 54.0 Å². The predicted molar refractivity (Wildman–Crippen MR) is 101 cm³/mol. The third kappa shape index (κ3) is 4.26. The molecule has 0 bridgehead atoms. The van der Waals surface area contributed by atoms with Gasteiger partial charge in [-0.15, -0.1) is 0 Å². The largest absolute Gasteiger partial charge is 0.486 e. The lowest BCUT2D eigenvalue weighted by Gasteiger charge is -2.27. The van der Waals surface area contributed by atoms with Crippen molar-refractivity contribution < 1.29 is 23.7 Å². The van der Waals surface area contributed by atoms with E-state index in [4.69, 9.17) is 18.9 Å². The van der Waals surface area contributed by atoms with Crippen molar-refractivity contribution in [2.24, 2.45) is 0 Å². The minimum Gasteiger partial charge on any atom is -0.486 e. The number of amides is 1. The van der Waals surface area contributed by atoms with E-state index in [1.807, 2.05) is 32.0 Å². The molecule has 3 heterocycles. The fourth-order valence-corrected chi connectivity index (χ4v) is 3.40. The Morgan fingerprint density at radius 2 is 1.89 bits per heavy atom. The average Bonchev–Trinajstić information content (AvgIpc) is 3.06. The molecule has 4 rings (SSSR count). The molecule has 7 nitrogen and oxygen atoms in total. The molecule has 1 atom stereocenters. The van der Waals surface area contributed by atoms with Crippen LogP contribution in [0.3, 0.4) is 0 Å². The zero-order valence-corrected chi connectivity index (χ0v) is 16.1. The van der Waals surface area contributed by atoms with Gasteiger partial charge in [0.2, 0.25) is 0 Å². The number of pyridine rings is 1. The van der Waals surface area contributed by atoms with E-state index in [1.165, 1.54) is 0 Å². The molecule has 2 aliphatic heterocycles. The first-order valence-electron chi connectivity index (χ1n) is 9.40. The van der Waals surface area contributed by atoms with Crippen molar-refractivity contribution >= 4 is 5.91 Å². The Balaban J connectivity index is 1.55. The first-order valence-corrected chi connectivity index (χ1v) is 9.40. The summed E-state index contributed by atoms with van der Waals surface area (Å²) in [7, 11) is 0. The van der Waals surface area contributed by atoms with Crippen LogP contribution in [0.4, 0.5) is 0 Å². The van der Waals surface area contributed by atoms with E-state index >= 15 is 0 Å². The highest BCUT2D eigenvalue weighted by Crippen LogP contribution is 2.31. The summed E-state index contributed by atoms with van der Waals surface area (Å²) in [5.41, 5.74) is 1.55. The molecule has 1 aromatic heterocycles. The lowest BCUT2D eigenvalue weighted by atomic mass is 10.1. The fraction of sp³-hybridized carbons (Fsp3) is 0.429. The lowest BCUT2D eigenvalue weighted by Crippen LogP contribution is -2.38. The average molecular weight is 384 g/mol. The summed E-state index contributed by atoms with van der Waals surface area (Å²) in [4.78, 5) is 18.9. The predicted octanol–water partition coefficient (Wildman–Crippen LogP) is 2.65. The van der Waals surface area contributed by atoms with E-state index in [2.05, 4.69) is 4.98 Å². The molecule has 148 valence electrons. The number of benzene rings is 1. The number of fused-ring (bicyclic) bond motifs is 1. The van der Waals surface area contributed by atoms with Gasteiger partial charge in [0, 0.05) is 31.0 Å². The maximum Gasteiger partial charge on any atom is 0.254 e. The van der Waals surface area contributed by atoms with Gasteiger partial charge in [0.15, 0.2) is 17.3 Å². The highest BCUT2D eigenvalue weighted by molar-refractivity contribution is 5.94. The summed E-state index contributed by atoms with van der Waals surface area (Å²) >= 11 is 0. The van der Waals surface area contributed by atoms with Crippen molar-refractivity contribution in [2.75, 3.05) is 26.4 Å². The Morgan fingerprint density at radius 3 is 2.61 bits per heavy atom. The van der Waals surface area contributed by atoms with Crippen LogP contribution in [0.1, 0.15) is 29.8 Å². The van der Waals surface area contributed by atoms with E-state index < -0.39 is 5.79 Å². The zero-order chi connectivity index (χ0) is 19.6. The monoisotopic (exact) mass is 384 g/mol. The highest BCUT2D eigenvalue weighted by Gasteiger charge is 2.34. The Kier molecular flexibility index (Phi) is 5.19. The molecular weight excluding hydrogens is 360 g/mol. The summed E-state index contributed by atoms with van der Waals surface area (Å²) in [6.07, 6.45) is 3.06. The number of carbonyl (C=O) groups excluding carboxylic acids is 1. The van der Waals surface area contributed by atoms with Crippen molar-refractivity contribution in [3.63, 3.8) is 0 Å². The molecule has 1 unspecified atom stereocenters. The lowest BCUT2D eigenvalue weighted by molar-refractivity contribution is -0.139. The number of nitrogens with zero attached hydrogens (tertiary/aromatic N) is 2. The van der Waals surface area contributed by atoms with Gasteiger partial charge in [-0.05, 0) is 43.7 Å². The number of carbonyl (C=O) groups is 1. The zero-order valence-electron chi connectivity index (χ0n) is 16.1. The van der Waals surface area contributed by atoms with Gasteiger partial charge in [0.25, 0.3) is 5.91 Å². The Labute approximate surface area is 164 Å². The summed E-state index contributed by atoms with van der Waals surface area (Å²) < 4.78 is 22.8. The number of hydrogen-bond donors (Lipinski definition) is 0. The quantitative estimate of drug-likeness (QED) is 0.789. The van der Waals surface area contributed by atoms with E-state index in [0.29, 0.717) is 44.2 Å². The van der Waals surface area contributed by atoms with Crippen LogP contribution in [0.5, 0.6) is 11.5 Å². The van der Waals surface area contributed by atoms with E-state index in [1.54, 1.807) is 29.4 Å². The molecule has 28 heavy (non-hydrogen) atoms. The molecule has 0 N–H and O–H groups in total. The first-order chi connectivity index (χ1) is 13.5. The van der Waals surface area contributed by atoms with Crippen LogP contribution in [0.25, 0.3) is 0 Å². The van der Waals surface area contributed by atoms with Crippen LogP contribution >= 0.6 is 0 Å². The van der Waals surface area contributed by atoms with Crippen LogP contribution in [0, 0.1) is 0 Å². The summed E-state index contributed by atoms with van der Waals surface area (Å²) in [6, 6.07) is 9.20. The third-order valence-electron chi connectivity index (χ3n) is 4.69. The number of ether oxygens (including phenoxy) is 4. The second-order valence-corrected chi connectivity index (χ2v) is 7.35. The molecular formula is C21H24N2O5. The number of hydrogen-bond acceptors (Lipinski definition) is 6. The third-order valence-corrected chi connectivity index (χ3v) is 4.69. The first kappa shape index (κ1) is 18.7. The van der Waals surface area contributed by atoms with Gasteiger partial charge >= 0.3 is 0 Å². The van der Waals surface area contributed by atoms with Crippen molar-refractivity contribution in [2.45, 2.75) is 32.3 Å². The van der Waals surface area contributed by atoms with Crippen molar-refractivity contribution in [3.05, 3.63) is 53.9 Å². The van der Waals surface area contributed by atoms with Crippen molar-refractivity contribution in [1.29, 1.82) is 0 Å². The van der Waals surface area contributed by atoms with E-state index in [-0.39, 0.29) is 12.0 Å². The molecule has 0 aliphatic carbocycles. The highest BCUT2D eigenvalue weighted by atomic mass is 16.7. The minimum atomic E-state index is -0.632. The summed E-state index contributed by atoms with van der Waals surface area (Å²) in [6.45, 7) is 6.14. The van der Waals surface area contributed by atoms with Crippen LogP contribution in [0.2, 0.25) is 0 Å². The molecule has 0 radical (unpaired) electrons. The molecule has 1 aromatic carbocycles.